The fraction of sp³-hybridized carbons (Fsp3) is 0.375. The molecular formula is C24H26ClN3O4. The van der Waals surface area contributed by atoms with Crippen molar-refractivity contribution in [2.75, 3.05) is 13.7 Å². The summed E-state index contributed by atoms with van der Waals surface area (Å²) in [7, 11) is 1.62. The first-order chi connectivity index (χ1) is 15.4. The lowest BCUT2D eigenvalue weighted by molar-refractivity contribution is -0.147. The van der Waals surface area contributed by atoms with Gasteiger partial charge in [0.25, 0.3) is 0 Å². The molecule has 8 heteroatoms. The SMILES string of the molecule is CCOC(=O)CC1OC(c2ccccc2OC)c2cc(Cl)ccc2-n2c(C(C)C)nnc21. The molecule has 168 valence electrons. The number of carbonyl (C=O) groups excluding carboxylic acids is 1. The topological polar surface area (TPSA) is 75.5 Å². The van der Waals surface area contributed by atoms with Crippen LogP contribution in [0.15, 0.2) is 42.5 Å². The van der Waals surface area contributed by atoms with Gasteiger partial charge in [-0.05, 0) is 31.2 Å². The number of benzene rings is 2. The summed E-state index contributed by atoms with van der Waals surface area (Å²) in [5.74, 6) is 1.76. The second-order valence-corrected chi connectivity index (χ2v) is 8.30. The number of aromatic nitrogens is 3. The van der Waals surface area contributed by atoms with E-state index in [0.29, 0.717) is 23.2 Å². The lowest BCUT2D eigenvalue weighted by Crippen LogP contribution is -2.17. The van der Waals surface area contributed by atoms with Crippen LogP contribution in [0.4, 0.5) is 0 Å². The fourth-order valence-electron chi connectivity index (χ4n) is 4.01. The van der Waals surface area contributed by atoms with Crippen LogP contribution in [-0.4, -0.2) is 34.5 Å². The number of esters is 1. The van der Waals surface area contributed by atoms with Gasteiger partial charge in [0, 0.05) is 22.1 Å². The Labute approximate surface area is 192 Å². The van der Waals surface area contributed by atoms with Crippen LogP contribution in [0.3, 0.4) is 0 Å². The van der Waals surface area contributed by atoms with E-state index in [1.807, 2.05) is 47.0 Å². The average molecular weight is 456 g/mol. The molecule has 0 saturated carbocycles. The van der Waals surface area contributed by atoms with E-state index in [1.54, 1.807) is 14.0 Å². The highest BCUT2D eigenvalue weighted by atomic mass is 35.5. The van der Waals surface area contributed by atoms with Crippen molar-refractivity contribution in [3.8, 4) is 11.4 Å². The highest BCUT2D eigenvalue weighted by Crippen LogP contribution is 2.44. The fourth-order valence-corrected chi connectivity index (χ4v) is 4.19. The van der Waals surface area contributed by atoms with Crippen LogP contribution >= 0.6 is 11.6 Å². The molecule has 4 rings (SSSR count). The van der Waals surface area contributed by atoms with E-state index in [-0.39, 0.29) is 18.3 Å². The Kier molecular flexibility index (Phi) is 6.48. The lowest BCUT2D eigenvalue weighted by Gasteiger charge is -2.24. The predicted molar refractivity (Wildman–Crippen MR) is 120 cm³/mol. The Morgan fingerprint density at radius 3 is 2.69 bits per heavy atom. The first-order valence-electron chi connectivity index (χ1n) is 10.6. The van der Waals surface area contributed by atoms with E-state index < -0.39 is 12.2 Å². The number of hydrogen-bond donors (Lipinski definition) is 0. The molecular weight excluding hydrogens is 430 g/mol. The van der Waals surface area contributed by atoms with Gasteiger partial charge in [0.2, 0.25) is 0 Å². The maximum absolute atomic E-state index is 12.5. The minimum atomic E-state index is -0.671. The third-order valence-electron chi connectivity index (χ3n) is 5.41. The van der Waals surface area contributed by atoms with Gasteiger partial charge in [0.05, 0.1) is 25.8 Å². The molecule has 2 heterocycles. The van der Waals surface area contributed by atoms with Crippen molar-refractivity contribution >= 4 is 17.6 Å². The average Bonchev–Trinajstić information content (AvgIpc) is 3.17. The third-order valence-corrected chi connectivity index (χ3v) is 5.64. The number of fused-ring (bicyclic) bond motifs is 3. The normalized spacial score (nSPS) is 17.4. The Morgan fingerprint density at radius 2 is 1.97 bits per heavy atom. The molecule has 0 spiro atoms. The van der Waals surface area contributed by atoms with Gasteiger partial charge >= 0.3 is 5.97 Å². The van der Waals surface area contributed by atoms with Gasteiger partial charge in [-0.25, -0.2) is 0 Å². The molecule has 2 aromatic carbocycles. The first kappa shape index (κ1) is 22.3. The first-order valence-corrected chi connectivity index (χ1v) is 11.0. The van der Waals surface area contributed by atoms with Gasteiger partial charge in [-0.3, -0.25) is 9.36 Å². The molecule has 1 aliphatic rings. The summed E-state index contributed by atoms with van der Waals surface area (Å²) in [4.78, 5) is 12.5. The molecule has 1 aliphatic heterocycles. The van der Waals surface area contributed by atoms with E-state index in [1.165, 1.54) is 0 Å². The molecule has 3 aromatic rings. The van der Waals surface area contributed by atoms with Gasteiger partial charge in [-0.2, -0.15) is 0 Å². The maximum atomic E-state index is 12.5. The van der Waals surface area contributed by atoms with E-state index in [2.05, 4.69) is 24.0 Å². The number of ether oxygens (including phenoxy) is 3. The van der Waals surface area contributed by atoms with Crippen LogP contribution < -0.4 is 4.74 Å². The van der Waals surface area contributed by atoms with Crippen molar-refractivity contribution < 1.29 is 19.0 Å². The van der Waals surface area contributed by atoms with Gasteiger partial charge in [-0.15, -0.1) is 10.2 Å². The molecule has 32 heavy (non-hydrogen) atoms. The number of para-hydroxylation sites is 1. The predicted octanol–water partition coefficient (Wildman–Crippen LogP) is 5.17. The molecule has 0 radical (unpaired) electrons. The van der Waals surface area contributed by atoms with E-state index >= 15 is 0 Å². The Balaban J connectivity index is 1.95. The van der Waals surface area contributed by atoms with Crippen LogP contribution in [0.2, 0.25) is 5.02 Å². The van der Waals surface area contributed by atoms with E-state index in [0.717, 1.165) is 22.6 Å². The summed E-state index contributed by atoms with van der Waals surface area (Å²) >= 11 is 6.42. The van der Waals surface area contributed by atoms with Crippen LogP contribution in [0, 0.1) is 0 Å². The second kappa shape index (κ2) is 9.30. The Bertz CT molecular complexity index is 1130. The summed E-state index contributed by atoms with van der Waals surface area (Å²) in [5, 5.41) is 9.44. The van der Waals surface area contributed by atoms with Crippen LogP contribution in [0.25, 0.3) is 5.69 Å². The Morgan fingerprint density at radius 1 is 1.19 bits per heavy atom. The molecule has 0 fully saturated rings. The number of methoxy groups -OCH3 is 1. The van der Waals surface area contributed by atoms with Crippen molar-refractivity contribution in [2.45, 2.75) is 45.3 Å². The molecule has 0 bridgehead atoms. The van der Waals surface area contributed by atoms with Crippen molar-refractivity contribution in [3.05, 3.63) is 70.3 Å². The van der Waals surface area contributed by atoms with Crippen molar-refractivity contribution in [1.29, 1.82) is 0 Å². The highest BCUT2D eigenvalue weighted by Gasteiger charge is 2.36. The zero-order valence-electron chi connectivity index (χ0n) is 18.5. The number of carbonyl (C=O) groups is 1. The van der Waals surface area contributed by atoms with E-state index in [4.69, 9.17) is 25.8 Å². The number of rotatable bonds is 6. The minimum absolute atomic E-state index is 0.0113. The Hall–Kier alpha value is -2.90. The van der Waals surface area contributed by atoms with Gasteiger partial charge in [0.1, 0.15) is 23.8 Å². The molecule has 2 unspecified atom stereocenters. The number of hydrogen-bond acceptors (Lipinski definition) is 6. The summed E-state index contributed by atoms with van der Waals surface area (Å²) < 4.78 is 19.4. The summed E-state index contributed by atoms with van der Waals surface area (Å²) in [6.07, 6.45) is -1.20. The van der Waals surface area contributed by atoms with Gasteiger partial charge < -0.3 is 14.2 Å². The van der Waals surface area contributed by atoms with Gasteiger partial charge in [-0.1, -0.05) is 43.6 Å². The number of nitrogens with zero attached hydrogens (tertiary/aromatic N) is 3. The molecule has 1 aromatic heterocycles. The maximum Gasteiger partial charge on any atom is 0.308 e. The largest absolute Gasteiger partial charge is 0.496 e. The molecule has 0 saturated heterocycles. The number of halogens is 1. The zero-order valence-corrected chi connectivity index (χ0v) is 19.3. The summed E-state index contributed by atoms with van der Waals surface area (Å²) in [6.45, 7) is 6.18. The molecule has 2 atom stereocenters. The molecule has 0 N–H and O–H groups in total. The highest BCUT2D eigenvalue weighted by molar-refractivity contribution is 6.30. The van der Waals surface area contributed by atoms with Crippen LogP contribution in [0.5, 0.6) is 5.75 Å². The smallest absolute Gasteiger partial charge is 0.308 e. The van der Waals surface area contributed by atoms with Crippen molar-refractivity contribution in [1.82, 2.24) is 14.8 Å². The summed E-state index contributed by atoms with van der Waals surface area (Å²) in [5.41, 5.74) is 2.54. The second-order valence-electron chi connectivity index (χ2n) is 7.87. The zero-order chi connectivity index (χ0) is 22.8. The molecule has 7 nitrogen and oxygen atoms in total. The standard InChI is InChI=1S/C24H26ClN3O4/c1-5-31-21(29)13-20-24-27-26-23(14(2)3)28(24)18-11-10-15(25)12-17(18)22(32-20)16-8-6-7-9-19(16)30-4/h6-12,14,20,22H,5,13H2,1-4H3. The van der Waals surface area contributed by atoms with Crippen molar-refractivity contribution in [3.63, 3.8) is 0 Å². The van der Waals surface area contributed by atoms with Gasteiger partial charge in [0.15, 0.2) is 5.82 Å². The van der Waals surface area contributed by atoms with Crippen LogP contribution in [-0.2, 0) is 14.3 Å². The third kappa shape index (κ3) is 4.10. The van der Waals surface area contributed by atoms with Crippen LogP contribution in [0.1, 0.15) is 68.1 Å². The minimum Gasteiger partial charge on any atom is -0.496 e. The monoisotopic (exact) mass is 455 g/mol. The quantitative estimate of drug-likeness (QED) is 0.477. The lowest BCUT2D eigenvalue weighted by atomic mass is 9.98. The summed E-state index contributed by atoms with van der Waals surface area (Å²) in [6, 6.07) is 13.3. The molecule has 0 aliphatic carbocycles. The molecule has 0 amide bonds. The van der Waals surface area contributed by atoms with Crippen molar-refractivity contribution in [2.24, 2.45) is 0 Å². The van der Waals surface area contributed by atoms with E-state index in [9.17, 15) is 4.79 Å².